The number of nitrogens with zero attached hydrogens (tertiary/aromatic N) is 1. The van der Waals surface area contributed by atoms with Crippen LogP contribution in [0.2, 0.25) is 0 Å². The van der Waals surface area contributed by atoms with Crippen LogP contribution in [-0.2, 0) is 4.74 Å². The second-order valence-electron chi connectivity index (χ2n) is 2.37. The zero-order valence-electron chi connectivity index (χ0n) is 6.95. The monoisotopic (exact) mass is 169 g/mol. The fourth-order valence-electron chi connectivity index (χ4n) is 0.701. The molecular weight excluding hydrogens is 158 g/mol. The fraction of sp³-hybridized carbons (Fsp3) is 0.500. The minimum Gasteiger partial charge on any atom is -0.460 e. The largest absolute Gasteiger partial charge is 0.460 e. The summed E-state index contributed by atoms with van der Waals surface area (Å²) in [6, 6.07) is 1.48. The molecule has 0 aromatic carbocycles. The van der Waals surface area contributed by atoms with Crippen LogP contribution >= 0.6 is 0 Å². The van der Waals surface area contributed by atoms with E-state index in [9.17, 15) is 4.79 Å². The SMILES string of the molecule is CCCCOC(=O)c1ccno1. The van der Waals surface area contributed by atoms with Gasteiger partial charge in [-0.3, -0.25) is 0 Å². The van der Waals surface area contributed by atoms with Crippen LogP contribution in [0.3, 0.4) is 0 Å². The molecule has 0 bridgehead atoms. The van der Waals surface area contributed by atoms with Gasteiger partial charge in [0.05, 0.1) is 12.8 Å². The molecule has 1 heterocycles. The van der Waals surface area contributed by atoms with E-state index in [1.165, 1.54) is 12.3 Å². The Labute approximate surface area is 70.5 Å². The number of esters is 1. The molecule has 0 amide bonds. The molecule has 0 spiro atoms. The quantitative estimate of drug-likeness (QED) is 0.507. The maximum Gasteiger partial charge on any atom is 0.377 e. The van der Waals surface area contributed by atoms with Gasteiger partial charge in [-0.1, -0.05) is 18.5 Å². The van der Waals surface area contributed by atoms with Crippen molar-refractivity contribution in [3.05, 3.63) is 18.0 Å². The van der Waals surface area contributed by atoms with Crippen molar-refractivity contribution in [1.82, 2.24) is 5.16 Å². The van der Waals surface area contributed by atoms with Crippen molar-refractivity contribution in [2.45, 2.75) is 19.8 Å². The molecule has 0 aliphatic rings. The average Bonchev–Trinajstić information content (AvgIpc) is 2.56. The topological polar surface area (TPSA) is 52.3 Å². The number of hydrogen-bond donors (Lipinski definition) is 0. The highest BCUT2D eigenvalue weighted by Gasteiger charge is 2.09. The van der Waals surface area contributed by atoms with Gasteiger partial charge in [-0.25, -0.2) is 4.79 Å². The highest BCUT2D eigenvalue weighted by molar-refractivity contribution is 5.85. The van der Waals surface area contributed by atoms with Gasteiger partial charge in [0, 0.05) is 6.07 Å². The fourth-order valence-corrected chi connectivity index (χ4v) is 0.701. The van der Waals surface area contributed by atoms with Crippen LogP contribution < -0.4 is 0 Å². The summed E-state index contributed by atoms with van der Waals surface area (Å²) in [4.78, 5) is 11.0. The molecule has 0 saturated heterocycles. The summed E-state index contributed by atoms with van der Waals surface area (Å²) in [7, 11) is 0. The van der Waals surface area contributed by atoms with Gasteiger partial charge < -0.3 is 9.26 Å². The first-order valence-corrected chi connectivity index (χ1v) is 3.92. The molecule has 0 aliphatic carbocycles. The smallest absolute Gasteiger partial charge is 0.377 e. The normalized spacial score (nSPS) is 9.75. The Morgan fingerprint density at radius 2 is 2.58 bits per heavy atom. The van der Waals surface area contributed by atoms with E-state index >= 15 is 0 Å². The van der Waals surface area contributed by atoms with Crippen LogP contribution in [0.5, 0.6) is 0 Å². The van der Waals surface area contributed by atoms with E-state index in [4.69, 9.17) is 4.74 Å². The summed E-state index contributed by atoms with van der Waals surface area (Å²) in [5.74, 6) is -0.285. The van der Waals surface area contributed by atoms with Crippen molar-refractivity contribution < 1.29 is 14.1 Å². The van der Waals surface area contributed by atoms with Gasteiger partial charge in [0.2, 0.25) is 5.76 Å². The predicted octanol–water partition coefficient (Wildman–Crippen LogP) is 1.63. The van der Waals surface area contributed by atoms with Gasteiger partial charge >= 0.3 is 5.97 Å². The summed E-state index contributed by atoms with van der Waals surface area (Å²) in [5, 5.41) is 3.40. The van der Waals surface area contributed by atoms with E-state index in [2.05, 4.69) is 9.68 Å². The van der Waals surface area contributed by atoms with Gasteiger partial charge in [-0.15, -0.1) is 0 Å². The molecule has 0 atom stereocenters. The van der Waals surface area contributed by atoms with Gasteiger partial charge in [0.1, 0.15) is 0 Å². The third-order valence-corrected chi connectivity index (χ3v) is 1.37. The number of carbonyl (C=O) groups excluding carboxylic acids is 1. The molecule has 0 radical (unpaired) electrons. The van der Waals surface area contributed by atoms with Gasteiger partial charge in [0.25, 0.3) is 0 Å². The third-order valence-electron chi connectivity index (χ3n) is 1.37. The Kier molecular flexibility index (Phi) is 3.32. The lowest BCUT2D eigenvalue weighted by molar-refractivity contribution is 0.0453. The molecule has 4 nitrogen and oxygen atoms in total. The standard InChI is InChI=1S/C8H11NO3/c1-2-3-6-11-8(10)7-4-5-9-12-7/h4-5H,2-3,6H2,1H3. The number of carbonyl (C=O) groups is 1. The van der Waals surface area contributed by atoms with E-state index in [0.717, 1.165) is 12.8 Å². The van der Waals surface area contributed by atoms with Crippen LogP contribution in [0.15, 0.2) is 16.8 Å². The molecule has 0 aliphatic heterocycles. The second-order valence-corrected chi connectivity index (χ2v) is 2.37. The zero-order valence-corrected chi connectivity index (χ0v) is 6.95. The van der Waals surface area contributed by atoms with Crippen LogP contribution in [-0.4, -0.2) is 17.7 Å². The molecule has 1 aromatic rings. The van der Waals surface area contributed by atoms with E-state index in [1.54, 1.807) is 0 Å². The van der Waals surface area contributed by atoms with Crippen molar-refractivity contribution in [3.63, 3.8) is 0 Å². The van der Waals surface area contributed by atoms with Crippen molar-refractivity contribution in [3.8, 4) is 0 Å². The van der Waals surface area contributed by atoms with Gasteiger partial charge in [-0.05, 0) is 6.42 Å². The highest BCUT2D eigenvalue weighted by atomic mass is 16.6. The first-order chi connectivity index (χ1) is 5.84. The Balaban J connectivity index is 2.30. The number of aromatic nitrogens is 1. The summed E-state index contributed by atoms with van der Waals surface area (Å²) < 4.78 is 9.46. The minimum atomic E-state index is -0.444. The molecular formula is C8H11NO3. The number of hydrogen-bond acceptors (Lipinski definition) is 4. The summed E-state index contributed by atoms with van der Waals surface area (Å²) in [6.45, 7) is 2.47. The van der Waals surface area contributed by atoms with Crippen molar-refractivity contribution >= 4 is 5.97 Å². The lowest BCUT2D eigenvalue weighted by Crippen LogP contribution is -2.04. The Morgan fingerprint density at radius 1 is 1.75 bits per heavy atom. The van der Waals surface area contributed by atoms with E-state index in [0.29, 0.717) is 6.61 Å². The third kappa shape index (κ3) is 2.38. The Bertz CT molecular complexity index is 230. The molecule has 0 saturated carbocycles. The van der Waals surface area contributed by atoms with Gasteiger partial charge in [-0.2, -0.15) is 0 Å². The van der Waals surface area contributed by atoms with E-state index in [1.807, 2.05) is 6.92 Å². The summed E-state index contributed by atoms with van der Waals surface area (Å²) >= 11 is 0. The van der Waals surface area contributed by atoms with Crippen molar-refractivity contribution in [2.24, 2.45) is 0 Å². The zero-order chi connectivity index (χ0) is 8.81. The van der Waals surface area contributed by atoms with E-state index in [-0.39, 0.29) is 5.76 Å². The first kappa shape index (κ1) is 8.77. The van der Waals surface area contributed by atoms with Crippen LogP contribution in [0.1, 0.15) is 30.3 Å². The van der Waals surface area contributed by atoms with Crippen LogP contribution in [0.4, 0.5) is 0 Å². The molecule has 1 rings (SSSR count). The van der Waals surface area contributed by atoms with Crippen molar-refractivity contribution in [2.75, 3.05) is 6.61 Å². The summed E-state index contributed by atoms with van der Waals surface area (Å²) in [5.41, 5.74) is 0. The Morgan fingerprint density at radius 3 is 3.17 bits per heavy atom. The van der Waals surface area contributed by atoms with Crippen LogP contribution in [0.25, 0.3) is 0 Å². The van der Waals surface area contributed by atoms with Gasteiger partial charge in [0.15, 0.2) is 0 Å². The molecule has 0 N–H and O–H groups in total. The number of ether oxygens (including phenoxy) is 1. The van der Waals surface area contributed by atoms with Crippen LogP contribution in [0, 0.1) is 0 Å². The molecule has 4 heteroatoms. The van der Waals surface area contributed by atoms with E-state index < -0.39 is 5.97 Å². The lowest BCUT2D eigenvalue weighted by Gasteiger charge is -1.98. The predicted molar refractivity (Wildman–Crippen MR) is 41.7 cm³/mol. The average molecular weight is 169 g/mol. The highest BCUT2D eigenvalue weighted by Crippen LogP contribution is 2.00. The molecule has 12 heavy (non-hydrogen) atoms. The first-order valence-electron chi connectivity index (χ1n) is 3.92. The maximum absolute atomic E-state index is 11.0. The minimum absolute atomic E-state index is 0.158. The number of rotatable bonds is 4. The lowest BCUT2D eigenvalue weighted by atomic mass is 10.4. The molecule has 0 fully saturated rings. The maximum atomic E-state index is 11.0. The molecule has 66 valence electrons. The second kappa shape index (κ2) is 4.54. The molecule has 0 unspecified atom stereocenters. The van der Waals surface area contributed by atoms with Crippen molar-refractivity contribution in [1.29, 1.82) is 0 Å². The number of unbranched alkanes of at least 4 members (excludes halogenated alkanes) is 1. The summed E-state index contributed by atoms with van der Waals surface area (Å²) in [6.07, 6.45) is 3.29. The molecule has 1 aromatic heterocycles. The Hall–Kier alpha value is -1.32.